The molecule has 1 N–H and O–H groups in total. The van der Waals surface area contributed by atoms with Crippen LogP contribution in [0.1, 0.15) is 26.3 Å². The number of aromatic nitrogens is 3. The van der Waals surface area contributed by atoms with Crippen molar-refractivity contribution in [3.8, 4) is 11.5 Å². The molecule has 32 heavy (non-hydrogen) atoms. The van der Waals surface area contributed by atoms with E-state index in [2.05, 4.69) is 55.3 Å². The number of anilines is 3. The Morgan fingerprint density at radius 2 is 1.75 bits per heavy atom. The Morgan fingerprint density at radius 1 is 1.03 bits per heavy atom. The lowest BCUT2D eigenvalue weighted by Crippen LogP contribution is -2.14. The molecule has 0 spiro atoms. The molecule has 0 unspecified atom stereocenters. The van der Waals surface area contributed by atoms with Gasteiger partial charge in [-0.15, -0.1) is 0 Å². The quantitative estimate of drug-likeness (QED) is 0.416. The summed E-state index contributed by atoms with van der Waals surface area (Å²) in [6.45, 7) is 6.61. The molecule has 4 aromatic rings. The van der Waals surface area contributed by atoms with Crippen molar-refractivity contribution >= 4 is 34.9 Å². The smallest absolute Gasteiger partial charge is 0.215 e. The molecule has 0 saturated heterocycles. The highest BCUT2D eigenvalue weighted by Gasteiger charge is 2.14. The van der Waals surface area contributed by atoms with E-state index >= 15 is 0 Å². The number of carbonyl (C=O) groups is 1. The number of carbonyl (C=O) groups excluding carboxylic acids is 1. The maximum absolute atomic E-state index is 11.0. The Labute approximate surface area is 187 Å². The van der Waals surface area contributed by atoms with Crippen LogP contribution in [0.25, 0.3) is 11.0 Å². The molecule has 7 heteroatoms. The van der Waals surface area contributed by atoms with E-state index in [1.54, 1.807) is 25.4 Å². The molecule has 0 aliphatic heterocycles. The van der Waals surface area contributed by atoms with E-state index in [0.29, 0.717) is 23.7 Å². The molecule has 0 aliphatic carbocycles. The van der Waals surface area contributed by atoms with E-state index in [1.165, 1.54) is 10.5 Å². The van der Waals surface area contributed by atoms with Crippen molar-refractivity contribution in [2.24, 2.45) is 7.05 Å². The van der Waals surface area contributed by atoms with Crippen LogP contribution in [0.4, 0.5) is 17.5 Å². The zero-order chi connectivity index (χ0) is 22.9. The highest BCUT2D eigenvalue weighted by Crippen LogP contribution is 2.29. The van der Waals surface area contributed by atoms with Crippen LogP contribution in [0.3, 0.4) is 0 Å². The lowest BCUT2D eigenvalue weighted by atomic mass is 9.87. The minimum atomic E-state index is 0.116. The van der Waals surface area contributed by atoms with Gasteiger partial charge in [-0.25, -0.2) is 9.97 Å². The molecule has 7 nitrogen and oxygen atoms in total. The standard InChI is InChI=1S/C25H27N5O2/c1-25(2,3)17-6-8-18(9-7-17)27-24-28-21-14-19(10-11-22(21)30(24)5)32-20-12-13-26-23(15-20)29(4)16-31/h6-16H,1-5H3,(H,27,28). The van der Waals surface area contributed by atoms with Gasteiger partial charge in [-0.1, -0.05) is 32.9 Å². The minimum absolute atomic E-state index is 0.116. The van der Waals surface area contributed by atoms with Crippen molar-refractivity contribution in [2.75, 3.05) is 17.3 Å². The van der Waals surface area contributed by atoms with Gasteiger partial charge in [0.2, 0.25) is 12.4 Å². The number of benzene rings is 2. The lowest BCUT2D eigenvalue weighted by Gasteiger charge is -2.19. The first kappa shape index (κ1) is 21.4. The number of fused-ring (bicyclic) bond motifs is 1. The average molecular weight is 430 g/mol. The van der Waals surface area contributed by atoms with Gasteiger partial charge in [-0.05, 0) is 41.3 Å². The van der Waals surface area contributed by atoms with Gasteiger partial charge < -0.3 is 19.5 Å². The van der Waals surface area contributed by atoms with Crippen molar-refractivity contribution in [2.45, 2.75) is 26.2 Å². The average Bonchev–Trinajstić information content (AvgIpc) is 3.07. The summed E-state index contributed by atoms with van der Waals surface area (Å²) < 4.78 is 8.00. The van der Waals surface area contributed by atoms with Crippen molar-refractivity contribution in [1.29, 1.82) is 0 Å². The van der Waals surface area contributed by atoms with Crippen molar-refractivity contribution in [1.82, 2.24) is 14.5 Å². The summed E-state index contributed by atoms with van der Waals surface area (Å²) in [6, 6.07) is 17.7. The zero-order valence-electron chi connectivity index (χ0n) is 19.0. The fourth-order valence-electron chi connectivity index (χ4n) is 3.38. The summed E-state index contributed by atoms with van der Waals surface area (Å²) in [5, 5.41) is 3.40. The molecule has 0 atom stereocenters. The Balaban J connectivity index is 1.56. The first-order valence-corrected chi connectivity index (χ1v) is 10.4. The van der Waals surface area contributed by atoms with E-state index in [4.69, 9.17) is 9.72 Å². The highest BCUT2D eigenvalue weighted by molar-refractivity contribution is 5.81. The second kappa shape index (κ2) is 8.34. The fraction of sp³-hybridized carbons (Fsp3) is 0.240. The van der Waals surface area contributed by atoms with E-state index in [0.717, 1.165) is 22.7 Å². The van der Waals surface area contributed by atoms with Crippen LogP contribution in [0.2, 0.25) is 0 Å². The second-order valence-corrected chi connectivity index (χ2v) is 8.77. The predicted octanol–water partition coefficient (Wildman–Crippen LogP) is 5.39. The minimum Gasteiger partial charge on any atom is -0.457 e. The molecule has 0 bridgehead atoms. The van der Waals surface area contributed by atoms with Crippen LogP contribution in [-0.2, 0) is 17.3 Å². The molecule has 0 saturated carbocycles. The van der Waals surface area contributed by atoms with Gasteiger partial charge in [0, 0.05) is 38.1 Å². The molecule has 164 valence electrons. The zero-order valence-corrected chi connectivity index (χ0v) is 19.0. The molecule has 1 amide bonds. The van der Waals surface area contributed by atoms with Crippen LogP contribution in [0.15, 0.2) is 60.8 Å². The first-order valence-electron chi connectivity index (χ1n) is 10.4. The van der Waals surface area contributed by atoms with Crippen LogP contribution in [-0.4, -0.2) is 28.0 Å². The summed E-state index contributed by atoms with van der Waals surface area (Å²) in [5.74, 6) is 2.51. The molecule has 0 aliphatic rings. The summed E-state index contributed by atoms with van der Waals surface area (Å²) in [6.07, 6.45) is 2.31. The Hall–Kier alpha value is -3.87. The molecule has 0 radical (unpaired) electrons. The van der Waals surface area contributed by atoms with Crippen LogP contribution in [0, 0.1) is 0 Å². The van der Waals surface area contributed by atoms with Crippen molar-refractivity contribution in [3.05, 3.63) is 66.4 Å². The Kier molecular flexibility index (Phi) is 5.57. The third-order valence-electron chi connectivity index (χ3n) is 5.33. The molecular formula is C25H27N5O2. The fourth-order valence-corrected chi connectivity index (χ4v) is 3.38. The maximum Gasteiger partial charge on any atom is 0.215 e. The number of amides is 1. The van der Waals surface area contributed by atoms with E-state index in [-0.39, 0.29) is 5.41 Å². The molecule has 2 heterocycles. The van der Waals surface area contributed by atoms with E-state index in [9.17, 15) is 4.79 Å². The Morgan fingerprint density at radius 3 is 2.44 bits per heavy atom. The monoisotopic (exact) mass is 429 g/mol. The van der Waals surface area contributed by atoms with Crippen LogP contribution in [0.5, 0.6) is 11.5 Å². The molecule has 2 aromatic heterocycles. The van der Waals surface area contributed by atoms with Gasteiger partial charge >= 0.3 is 0 Å². The van der Waals surface area contributed by atoms with Gasteiger partial charge in [0.15, 0.2) is 0 Å². The van der Waals surface area contributed by atoms with Gasteiger partial charge in [0.25, 0.3) is 0 Å². The third-order valence-corrected chi connectivity index (χ3v) is 5.33. The van der Waals surface area contributed by atoms with Crippen LogP contribution >= 0.6 is 0 Å². The largest absolute Gasteiger partial charge is 0.457 e. The summed E-state index contributed by atoms with van der Waals surface area (Å²) in [5.41, 5.74) is 4.19. The normalized spacial score (nSPS) is 11.4. The second-order valence-electron chi connectivity index (χ2n) is 8.77. The van der Waals surface area contributed by atoms with Crippen molar-refractivity contribution in [3.63, 3.8) is 0 Å². The first-order chi connectivity index (χ1) is 15.2. The van der Waals surface area contributed by atoms with Gasteiger partial charge in [0.05, 0.1) is 11.0 Å². The molecule has 0 fully saturated rings. The number of hydrogen-bond donors (Lipinski definition) is 1. The van der Waals surface area contributed by atoms with Gasteiger partial charge in [0.1, 0.15) is 17.3 Å². The number of imidazole rings is 1. The molecule has 4 rings (SSSR count). The summed E-state index contributed by atoms with van der Waals surface area (Å²) in [4.78, 5) is 21.3. The van der Waals surface area contributed by atoms with E-state index in [1.807, 2.05) is 29.8 Å². The predicted molar refractivity (Wildman–Crippen MR) is 128 cm³/mol. The molecular weight excluding hydrogens is 402 g/mol. The number of nitrogens with one attached hydrogen (secondary N) is 1. The number of pyridine rings is 1. The number of rotatable bonds is 6. The van der Waals surface area contributed by atoms with E-state index < -0.39 is 0 Å². The van der Waals surface area contributed by atoms with Gasteiger partial charge in [-0.2, -0.15) is 0 Å². The topological polar surface area (TPSA) is 72.3 Å². The van der Waals surface area contributed by atoms with Crippen LogP contribution < -0.4 is 15.0 Å². The SMILES string of the molecule is CN(C=O)c1cc(Oc2ccc3c(c2)nc(Nc2ccc(C(C)(C)C)cc2)n3C)ccn1. The number of ether oxygens (including phenoxy) is 1. The number of hydrogen-bond acceptors (Lipinski definition) is 5. The summed E-state index contributed by atoms with van der Waals surface area (Å²) >= 11 is 0. The maximum atomic E-state index is 11.0. The third kappa shape index (κ3) is 4.42. The van der Waals surface area contributed by atoms with Gasteiger partial charge in [-0.3, -0.25) is 4.79 Å². The van der Waals surface area contributed by atoms with Crippen molar-refractivity contribution < 1.29 is 9.53 Å². The lowest BCUT2D eigenvalue weighted by molar-refractivity contribution is -0.107. The number of aryl methyl sites for hydroxylation is 1. The summed E-state index contributed by atoms with van der Waals surface area (Å²) in [7, 11) is 3.62. The molecule has 2 aromatic carbocycles. The Bertz CT molecular complexity index is 1260. The number of nitrogens with zero attached hydrogens (tertiary/aromatic N) is 4. The highest BCUT2D eigenvalue weighted by atomic mass is 16.5.